The second-order valence-electron chi connectivity index (χ2n) is 23.3. The lowest BCUT2D eigenvalue weighted by atomic mass is 9.85. The van der Waals surface area contributed by atoms with E-state index in [-0.39, 0.29) is 83.3 Å². The number of hydrogen-bond acceptors (Lipinski definition) is 15. The number of sulfone groups is 1. The molecule has 6 N–H and O–H groups in total. The molecule has 2 fully saturated rings. The van der Waals surface area contributed by atoms with E-state index in [0.717, 1.165) is 85.3 Å². The molecule has 18 nitrogen and oxygen atoms in total. The van der Waals surface area contributed by atoms with Crippen LogP contribution in [0.1, 0.15) is 141 Å². The van der Waals surface area contributed by atoms with E-state index in [1.165, 1.54) is 16.7 Å². The van der Waals surface area contributed by atoms with Crippen LogP contribution < -0.4 is 31.3 Å². The molecular formula is C61H83ClN10O8S2. The van der Waals surface area contributed by atoms with Crippen molar-refractivity contribution in [2.75, 3.05) is 43.4 Å². The fourth-order valence-electron chi connectivity index (χ4n) is 10.4. The van der Waals surface area contributed by atoms with E-state index in [1.54, 1.807) is 49.4 Å². The lowest BCUT2D eigenvalue weighted by Crippen LogP contribution is -2.57. The number of amides is 4. The number of aryl methyl sites for hydroxylation is 2. The molecule has 7 rings (SSSR count). The Bertz CT molecular complexity index is 3100. The molecular weight excluding hydrogens is 1100 g/mol. The molecule has 21 heteroatoms. The summed E-state index contributed by atoms with van der Waals surface area (Å²) in [7, 11) is -3.59. The molecule has 0 spiro atoms. The van der Waals surface area contributed by atoms with E-state index in [1.807, 2.05) is 77.4 Å². The largest absolute Gasteiger partial charge is 0.489 e. The van der Waals surface area contributed by atoms with Crippen LogP contribution in [0, 0.1) is 19.3 Å². The predicted molar refractivity (Wildman–Crippen MR) is 325 cm³/mol. The molecule has 0 aliphatic carbocycles. The van der Waals surface area contributed by atoms with Gasteiger partial charge in [-0.15, -0.1) is 11.3 Å². The molecule has 4 amide bonds. The highest BCUT2D eigenvalue weighted by Gasteiger charge is 2.44. The van der Waals surface area contributed by atoms with Crippen LogP contribution in [0.25, 0.3) is 10.4 Å². The summed E-state index contributed by atoms with van der Waals surface area (Å²) in [5, 5.41) is 25.7. The standard InChI is InChI=1S/C61H83ClN10O8S2/c1-38(2)80-51-32-46(40(5)30-49(51)68-60-65-34-47(62)57(70-60)67-48-18-15-16-19-52(48)82(78,79)39(3)4)43-25-28-71(29-26-43)36-54(75)63-27-17-13-11-10-12-14-20-53(74)69-56(61(7,8)9)59(77)72-35-45(73)31-50(72)58(76)64-33-42-21-23-44(24-22-42)55-41(6)66-37-81-55/h15-16,18-19,21-24,30,32,34,37-39,43,45,50,56,73H,10-14,17,20,25-29,31,33,35-36H2,1-9H3,(H,63,75)(H,64,76)(H,69,74)(H2,65,67,68,70)/t45-,50+,56-/m1/s1. The Kier molecular flexibility index (Phi) is 22.3. The van der Waals surface area contributed by atoms with Crippen molar-refractivity contribution in [2.24, 2.45) is 5.41 Å². The van der Waals surface area contributed by atoms with Crippen molar-refractivity contribution in [3.63, 3.8) is 0 Å². The minimum atomic E-state index is -3.59. The Labute approximate surface area is 493 Å². The first-order chi connectivity index (χ1) is 39.0. The van der Waals surface area contributed by atoms with Gasteiger partial charge in [0, 0.05) is 32.5 Å². The third-order valence-corrected chi connectivity index (χ3v) is 18.5. The van der Waals surface area contributed by atoms with Gasteiger partial charge in [-0.05, 0) is 138 Å². The number of nitrogens with zero attached hydrogens (tertiary/aromatic N) is 5. The highest BCUT2D eigenvalue weighted by atomic mass is 35.5. The highest BCUT2D eigenvalue weighted by molar-refractivity contribution is 7.92. The molecule has 5 aromatic rings. The molecule has 0 radical (unpaired) electrons. The zero-order valence-corrected chi connectivity index (χ0v) is 51.3. The molecule has 82 heavy (non-hydrogen) atoms. The number of benzene rings is 3. The van der Waals surface area contributed by atoms with Crippen LogP contribution in [0.4, 0.5) is 23.1 Å². The maximum atomic E-state index is 14.1. The fraction of sp³-hybridized carbons (Fsp3) is 0.525. The second kappa shape index (κ2) is 28.9. The fourth-order valence-corrected chi connectivity index (χ4v) is 12.6. The number of rotatable bonds is 26. The minimum Gasteiger partial charge on any atom is -0.489 e. The van der Waals surface area contributed by atoms with Gasteiger partial charge in [0.1, 0.15) is 22.9 Å². The van der Waals surface area contributed by atoms with Crippen molar-refractivity contribution >= 4 is 79.5 Å². The van der Waals surface area contributed by atoms with Crippen molar-refractivity contribution in [3.8, 4) is 16.2 Å². The number of piperidine rings is 1. The third kappa shape index (κ3) is 17.2. The SMILES string of the molecule is Cc1cc(Nc2ncc(Cl)c(Nc3ccccc3S(=O)(=O)C(C)C)n2)c(OC(C)C)cc1C1CCN(CC(=O)NCCCCCCCCC(=O)N[C@H](C(=O)N2C[C@H](O)C[C@H]2C(=O)NCc2ccc(-c3scnc3C)cc2)C(C)(C)C)CC1. The number of para-hydroxylation sites is 1. The van der Waals surface area contributed by atoms with Gasteiger partial charge in [-0.3, -0.25) is 24.1 Å². The number of aromatic nitrogens is 3. The maximum Gasteiger partial charge on any atom is 0.246 e. The summed E-state index contributed by atoms with van der Waals surface area (Å²) in [4.78, 5) is 72.1. The quantitative estimate of drug-likeness (QED) is 0.0283. The van der Waals surface area contributed by atoms with Gasteiger partial charge in [0.2, 0.25) is 29.6 Å². The van der Waals surface area contributed by atoms with Gasteiger partial charge in [-0.25, -0.2) is 18.4 Å². The first-order valence-electron chi connectivity index (χ1n) is 28.7. The van der Waals surface area contributed by atoms with E-state index >= 15 is 0 Å². The van der Waals surface area contributed by atoms with E-state index < -0.39 is 38.7 Å². The highest BCUT2D eigenvalue weighted by Crippen LogP contribution is 2.39. The molecule has 2 aromatic heterocycles. The number of thiazole rings is 1. The van der Waals surface area contributed by atoms with E-state index in [4.69, 9.17) is 16.3 Å². The number of aliphatic hydroxyl groups is 1. The predicted octanol–water partition coefficient (Wildman–Crippen LogP) is 10.2. The number of carbonyl (C=O) groups is 4. The molecule has 0 unspecified atom stereocenters. The van der Waals surface area contributed by atoms with E-state index in [9.17, 15) is 32.7 Å². The Morgan fingerprint density at radius 2 is 1.56 bits per heavy atom. The number of ether oxygens (including phenoxy) is 1. The number of aliphatic hydroxyl groups excluding tert-OH is 1. The maximum absolute atomic E-state index is 14.1. The first-order valence-corrected chi connectivity index (χ1v) is 31.5. The monoisotopic (exact) mass is 1180 g/mol. The number of carbonyl (C=O) groups excluding carboxylic acids is 4. The van der Waals surface area contributed by atoms with Crippen LogP contribution >= 0.6 is 22.9 Å². The third-order valence-electron chi connectivity index (χ3n) is 15.0. The number of β-amino-alcohol motifs (C(OH)–C–C–N with tert-alkyl or cyclic N) is 1. The Balaban J connectivity index is 0.791. The Hall–Kier alpha value is -6.19. The average molecular weight is 1180 g/mol. The van der Waals surface area contributed by atoms with Crippen molar-refractivity contribution in [2.45, 2.75) is 173 Å². The van der Waals surface area contributed by atoms with Crippen LogP contribution in [-0.4, -0.2) is 124 Å². The summed E-state index contributed by atoms with van der Waals surface area (Å²) in [6, 6.07) is 17.0. The van der Waals surface area contributed by atoms with Gasteiger partial charge in [0.25, 0.3) is 0 Å². The van der Waals surface area contributed by atoms with Gasteiger partial charge < -0.3 is 41.3 Å². The van der Waals surface area contributed by atoms with Crippen LogP contribution in [-0.2, 0) is 35.6 Å². The number of nitrogens with one attached hydrogen (secondary N) is 5. The summed E-state index contributed by atoms with van der Waals surface area (Å²) in [6.07, 6.45) is 7.93. The molecule has 3 aromatic carbocycles. The molecule has 444 valence electrons. The van der Waals surface area contributed by atoms with Crippen molar-refractivity contribution in [3.05, 3.63) is 99.8 Å². The van der Waals surface area contributed by atoms with Crippen molar-refractivity contribution < 1.29 is 37.4 Å². The zero-order valence-electron chi connectivity index (χ0n) is 48.9. The molecule has 4 heterocycles. The molecule has 0 bridgehead atoms. The van der Waals surface area contributed by atoms with Crippen LogP contribution in [0.15, 0.2) is 77.3 Å². The van der Waals surface area contributed by atoms with Crippen molar-refractivity contribution in [1.82, 2.24) is 40.7 Å². The first kappa shape index (κ1) is 63.4. The van der Waals surface area contributed by atoms with Crippen LogP contribution in [0.5, 0.6) is 5.75 Å². The lowest BCUT2D eigenvalue weighted by Gasteiger charge is -2.35. The van der Waals surface area contributed by atoms with Crippen LogP contribution in [0.3, 0.4) is 0 Å². The number of hydrogen-bond donors (Lipinski definition) is 6. The Morgan fingerprint density at radius 1 is 0.866 bits per heavy atom. The Morgan fingerprint density at radius 3 is 2.23 bits per heavy atom. The topological polar surface area (TPSA) is 237 Å². The molecule has 2 saturated heterocycles. The number of likely N-dealkylation sites (tertiary alicyclic amines) is 2. The number of anilines is 4. The summed E-state index contributed by atoms with van der Waals surface area (Å²) >= 11 is 8.11. The molecule has 2 aliphatic heterocycles. The zero-order chi connectivity index (χ0) is 59.3. The van der Waals surface area contributed by atoms with Crippen molar-refractivity contribution in [1.29, 1.82) is 0 Å². The number of unbranched alkanes of at least 4 members (excludes halogenated alkanes) is 5. The van der Waals surface area contributed by atoms with Gasteiger partial charge in [-0.1, -0.05) is 94.5 Å². The number of halogens is 1. The molecule has 0 saturated carbocycles. The van der Waals surface area contributed by atoms with Gasteiger partial charge in [0.05, 0.1) is 62.6 Å². The summed E-state index contributed by atoms with van der Waals surface area (Å²) in [5.74, 6) is 0.496. The second-order valence-corrected chi connectivity index (χ2v) is 27.1. The average Bonchev–Trinajstić information content (AvgIpc) is 4.18. The molecule has 2 aliphatic rings. The smallest absolute Gasteiger partial charge is 0.246 e. The van der Waals surface area contributed by atoms with E-state index in [2.05, 4.69) is 59.4 Å². The summed E-state index contributed by atoms with van der Waals surface area (Å²) in [6.45, 7) is 19.7. The van der Waals surface area contributed by atoms with Gasteiger partial charge >= 0.3 is 0 Å². The molecule has 3 atom stereocenters. The van der Waals surface area contributed by atoms with Gasteiger partial charge in [0.15, 0.2) is 15.7 Å². The normalized spacial score (nSPS) is 16.5. The lowest BCUT2D eigenvalue weighted by molar-refractivity contribution is -0.144. The van der Waals surface area contributed by atoms with Gasteiger partial charge in [-0.2, -0.15) is 4.98 Å². The minimum absolute atomic E-state index is 0.0160. The van der Waals surface area contributed by atoms with E-state index in [0.29, 0.717) is 36.6 Å². The summed E-state index contributed by atoms with van der Waals surface area (Å²) < 4.78 is 32.6. The summed E-state index contributed by atoms with van der Waals surface area (Å²) in [5.41, 5.74) is 7.41. The van der Waals surface area contributed by atoms with Crippen LogP contribution in [0.2, 0.25) is 5.02 Å².